The van der Waals surface area contributed by atoms with Gasteiger partial charge in [0.25, 0.3) is 0 Å². The van der Waals surface area contributed by atoms with E-state index in [-0.39, 0.29) is 18.8 Å². The Morgan fingerprint density at radius 1 is 0.968 bits per heavy atom. The number of hydrogen-bond donors (Lipinski definition) is 2. The minimum absolute atomic E-state index is 0.0409. The number of aryl methyl sites for hydroxylation is 1. The molecule has 3 nitrogen and oxygen atoms in total. The fourth-order valence-corrected chi connectivity index (χ4v) is 6.29. The molecule has 2 aliphatic carbocycles. The van der Waals surface area contributed by atoms with Crippen LogP contribution in [0.25, 0.3) is 0 Å². The van der Waals surface area contributed by atoms with Crippen LogP contribution in [-0.4, -0.2) is 29.0 Å². The maximum Gasteiger partial charge on any atom is 0.0854 e. The normalized spacial score (nSPS) is 28.0. The van der Waals surface area contributed by atoms with Crippen LogP contribution in [0.1, 0.15) is 91.2 Å². The Hall–Kier alpha value is -1.68. The highest BCUT2D eigenvalue weighted by molar-refractivity contribution is 5.38. The first kappa shape index (κ1) is 21.2. The van der Waals surface area contributed by atoms with Crippen LogP contribution in [0.4, 0.5) is 0 Å². The van der Waals surface area contributed by atoms with Gasteiger partial charge in [-0.2, -0.15) is 0 Å². The molecule has 1 saturated heterocycles. The van der Waals surface area contributed by atoms with Crippen molar-refractivity contribution in [1.29, 1.82) is 0 Å². The van der Waals surface area contributed by atoms with Gasteiger partial charge in [-0.05, 0) is 78.2 Å². The molecule has 2 aromatic carbocycles. The summed E-state index contributed by atoms with van der Waals surface area (Å²) in [5.41, 5.74) is 7.26. The van der Waals surface area contributed by atoms with Crippen molar-refractivity contribution in [3.05, 3.63) is 70.3 Å². The third-order valence-electron chi connectivity index (χ3n) is 8.20. The summed E-state index contributed by atoms with van der Waals surface area (Å²) in [6.07, 6.45) is 9.77. The fraction of sp³-hybridized carbons (Fsp3) is 0.571. The third-order valence-corrected chi connectivity index (χ3v) is 8.20. The molecular weight excluding hydrogens is 384 g/mol. The lowest BCUT2D eigenvalue weighted by molar-refractivity contribution is -0.113. The summed E-state index contributed by atoms with van der Waals surface area (Å²) >= 11 is 0. The molecule has 1 aliphatic heterocycles. The van der Waals surface area contributed by atoms with Crippen LogP contribution in [0.15, 0.2) is 42.5 Å². The average Bonchev–Trinajstić information content (AvgIpc) is 3.25. The molecule has 31 heavy (non-hydrogen) atoms. The summed E-state index contributed by atoms with van der Waals surface area (Å²) in [6.45, 7) is 2.12. The van der Waals surface area contributed by atoms with Crippen LogP contribution in [0.2, 0.25) is 0 Å². The second-order valence-corrected chi connectivity index (χ2v) is 10.5. The lowest BCUT2D eigenvalue weighted by atomic mass is 9.59. The zero-order valence-electron chi connectivity index (χ0n) is 18.7. The quantitative estimate of drug-likeness (QED) is 0.662. The lowest BCUT2D eigenvalue weighted by Gasteiger charge is -2.46. The van der Waals surface area contributed by atoms with Crippen LogP contribution >= 0.6 is 0 Å². The molecule has 3 fully saturated rings. The summed E-state index contributed by atoms with van der Waals surface area (Å²) in [5, 5.41) is 19.6. The molecule has 166 valence electrons. The smallest absolute Gasteiger partial charge is 0.0854 e. The first-order chi connectivity index (χ1) is 15.0. The van der Waals surface area contributed by atoms with Crippen molar-refractivity contribution in [2.45, 2.75) is 88.9 Å². The van der Waals surface area contributed by atoms with E-state index < -0.39 is 6.10 Å². The van der Waals surface area contributed by atoms with Gasteiger partial charge in [0.05, 0.1) is 24.9 Å². The van der Waals surface area contributed by atoms with E-state index in [9.17, 15) is 10.2 Å². The summed E-state index contributed by atoms with van der Waals surface area (Å²) in [5.74, 6) is 0.770. The maximum atomic E-state index is 10.2. The van der Waals surface area contributed by atoms with Gasteiger partial charge >= 0.3 is 0 Å². The van der Waals surface area contributed by atoms with E-state index >= 15 is 0 Å². The maximum absolute atomic E-state index is 10.2. The van der Waals surface area contributed by atoms with E-state index in [2.05, 4.69) is 49.4 Å². The summed E-state index contributed by atoms with van der Waals surface area (Å²) in [7, 11) is 0. The third kappa shape index (κ3) is 4.46. The van der Waals surface area contributed by atoms with Crippen LogP contribution in [-0.2, 0) is 11.2 Å². The number of benzene rings is 2. The van der Waals surface area contributed by atoms with E-state index in [0.717, 1.165) is 17.9 Å². The number of hydrogen-bond acceptors (Lipinski definition) is 3. The molecule has 5 rings (SSSR count). The van der Waals surface area contributed by atoms with Crippen molar-refractivity contribution in [2.24, 2.45) is 5.41 Å². The SMILES string of the molecule is Cc1ccc(C2CC(O)CC(CO)O2)cc1Cc1ccc(C2CC3(CCCC3)C2)cc1. The van der Waals surface area contributed by atoms with Gasteiger partial charge in [-0.25, -0.2) is 0 Å². The predicted molar refractivity (Wildman–Crippen MR) is 123 cm³/mol. The Labute approximate surface area is 186 Å². The molecule has 2 N–H and O–H groups in total. The molecular formula is C28H36O3. The largest absolute Gasteiger partial charge is 0.394 e. The number of aliphatic hydroxyl groups excluding tert-OH is 2. The Balaban J connectivity index is 1.26. The van der Waals surface area contributed by atoms with Gasteiger partial charge in [0, 0.05) is 12.8 Å². The van der Waals surface area contributed by atoms with Gasteiger partial charge in [0.15, 0.2) is 0 Å². The monoisotopic (exact) mass is 420 g/mol. The van der Waals surface area contributed by atoms with Gasteiger partial charge in [-0.15, -0.1) is 0 Å². The van der Waals surface area contributed by atoms with E-state index in [1.807, 2.05) is 0 Å². The van der Waals surface area contributed by atoms with Gasteiger partial charge in [0.1, 0.15) is 0 Å². The molecule has 2 aromatic rings. The zero-order valence-corrected chi connectivity index (χ0v) is 18.7. The minimum Gasteiger partial charge on any atom is -0.394 e. The van der Waals surface area contributed by atoms with E-state index in [4.69, 9.17) is 4.74 Å². The Kier molecular flexibility index (Phi) is 5.94. The number of ether oxygens (including phenoxy) is 1. The molecule has 2 saturated carbocycles. The van der Waals surface area contributed by atoms with Crippen molar-refractivity contribution in [2.75, 3.05) is 6.61 Å². The van der Waals surface area contributed by atoms with Crippen molar-refractivity contribution in [1.82, 2.24) is 0 Å². The molecule has 0 bridgehead atoms. The van der Waals surface area contributed by atoms with E-state index in [1.54, 1.807) is 0 Å². The Morgan fingerprint density at radius 2 is 1.68 bits per heavy atom. The highest BCUT2D eigenvalue weighted by Gasteiger charge is 2.45. The second kappa shape index (κ2) is 8.69. The van der Waals surface area contributed by atoms with Gasteiger partial charge in [0.2, 0.25) is 0 Å². The molecule has 3 atom stereocenters. The zero-order chi connectivity index (χ0) is 21.4. The number of rotatable bonds is 5. The molecule has 0 radical (unpaired) electrons. The van der Waals surface area contributed by atoms with Gasteiger partial charge < -0.3 is 14.9 Å². The van der Waals surface area contributed by atoms with Crippen LogP contribution in [0.5, 0.6) is 0 Å². The molecule has 3 heteroatoms. The topological polar surface area (TPSA) is 49.7 Å². The lowest BCUT2D eigenvalue weighted by Crippen LogP contribution is -2.33. The van der Waals surface area contributed by atoms with Gasteiger partial charge in [-0.3, -0.25) is 0 Å². The molecule has 0 amide bonds. The van der Waals surface area contributed by atoms with E-state index in [0.29, 0.717) is 18.3 Å². The summed E-state index contributed by atoms with van der Waals surface area (Å²) in [4.78, 5) is 0. The average molecular weight is 421 g/mol. The van der Waals surface area contributed by atoms with Crippen molar-refractivity contribution in [3.63, 3.8) is 0 Å². The molecule has 3 unspecified atom stereocenters. The fourth-order valence-electron chi connectivity index (χ4n) is 6.29. The van der Waals surface area contributed by atoms with Crippen molar-refractivity contribution < 1.29 is 14.9 Å². The molecule has 3 aliphatic rings. The summed E-state index contributed by atoms with van der Waals surface area (Å²) < 4.78 is 6.03. The molecule has 0 aromatic heterocycles. The highest BCUT2D eigenvalue weighted by Crippen LogP contribution is 2.59. The Morgan fingerprint density at radius 3 is 2.39 bits per heavy atom. The predicted octanol–water partition coefficient (Wildman–Crippen LogP) is 5.60. The van der Waals surface area contributed by atoms with E-state index in [1.165, 1.54) is 60.8 Å². The standard InChI is InChI=1S/C28H36O3/c1-19-4-7-22(27-15-25(30)14-26(18-29)31-27)13-23(19)12-20-5-8-21(9-6-20)24-16-28(17-24)10-2-3-11-28/h4-9,13,24-27,29-30H,2-3,10-12,14-18H2,1H3. The highest BCUT2D eigenvalue weighted by atomic mass is 16.5. The molecule has 1 spiro atoms. The van der Waals surface area contributed by atoms with Crippen LogP contribution in [0, 0.1) is 12.3 Å². The minimum atomic E-state index is -0.414. The second-order valence-electron chi connectivity index (χ2n) is 10.5. The first-order valence-electron chi connectivity index (χ1n) is 12.2. The van der Waals surface area contributed by atoms with Crippen molar-refractivity contribution in [3.8, 4) is 0 Å². The molecule has 1 heterocycles. The first-order valence-corrected chi connectivity index (χ1v) is 12.2. The van der Waals surface area contributed by atoms with Crippen LogP contribution in [0.3, 0.4) is 0 Å². The number of aliphatic hydroxyl groups is 2. The summed E-state index contributed by atoms with van der Waals surface area (Å²) in [6, 6.07) is 15.8. The Bertz CT molecular complexity index is 889. The van der Waals surface area contributed by atoms with Crippen molar-refractivity contribution >= 4 is 0 Å². The van der Waals surface area contributed by atoms with Gasteiger partial charge in [-0.1, -0.05) is 55.3 Å². The van der Waals surface area contributed by atoms with Crippen LogP contribution < -0.4 is 0 Å².